The van der Waals surface area contributed by atoms with Crippen molar-refractivity contribution in [2.45, 2.75) is 45.6 Å². The molecule has 1 N–H and O–H groups in total. The number of hydrogen-bond donors (Lipinski definition) is 1. The molecule has 0 saturated carbocycles. The number of piperazine rings is 1. The Morgan fingerprint density at radius 1 is 1.19 bits per heavy atom. The van der Waals surface area contributed by atoms with Gasteiger partial charge >= 0.3 is 0 Å². The largest absolute Gasteiger partial charge is 0.352 e. The lowest BCUT2D eigenvalue weighted by molar-refractivity contribution is -0.133. The average Bonchev–Trinajstić information content (AvgIpc) is 3.18. The Morgan fingerprint density at radius 3 is 2.50 bits per heavy atom. The first-order chi connectivity index (χ1) is 15.1. The lowest BCUT2D eigenvalue weighted by Gasteiger charge is -2.40. The van der Waals surface area contributed by atoms with Gasteiger partial charge in [-0.1, -0.05) is 38.1 Å². The van der Waals surface area contributed by atoms with Crippen molar-refractivity contribution in [1.82, 2.24) is 24.8 Å². The maximum absolute atomic E-state index is 13.2. The van der Waals surface area contributed by atoms with Crippen molar-refractivity contribution in [2.24, 2.45) is 0 Å². The highest BCUT2D eigenvalue weighted by atomic mass is 19.3. The standard InChI is InChI=1S/C23H25F2N5O2/c1-13(2)16-11-17(14-5-7-15(8-6-14)19(24)25)28-30-12-18(27-20(16)30)21(31)29-10-9-26-22(32)23(29,3)4/h5-8,11-13,19H,9-10H2,1-4H3,(H,26,32). The third-order valence-electron chi connectivity index (χ3n) is 5.85. The van der Waals surface area contributed by atoms with Gasteiger partial charge in [0.1, 0.15) is 11.2 Å². The zero-order valence-corrected chi connectivity index (χ0v) is 18.4. The second kappa shape index (κ2) is 7.96. The highest BCUT2D eigenvalue weighted by molar-refractivity contribution is 5.99. The summed E-state index contributed by atoms with van der Waals surface area (Å²) in [5.74, 6) is -0.466. The van der Waals surface area contributed by atoms with Crippen LogP contribution in [0.4, 0.5) is 8.78 Å². The molecule has 3 heterocycles. The molecule has 9 heteroatoms. The third-order valence-corrected chi connectivity index (χ3v) is 5.85. The molecule has 1 aliphatic rings. The summed E-state index contributed by atoms with van der Waals surface area (Å²) in [6.45, 7) is 8.19. The van der Waals surface area contributed by atoms with Gasteiger partial charge in [-0.3, -0.25) is 9.59 Å². The van der Waals surface area contributed by atoms with Crippen LogP contribution < -0.4 is 5.32 Å². The van der Waals surface area contributed by atoms with Gasteiger partial charge < -0.3 is 10.2 Å². The monoisotopic (exact) mass is 441 g/mol. The third kappa shape index (κ3) is 3.72. The molecule has 168 valence electrons. The number of rotatable bonds is 4. The van der Waals surface area contributed by atoms with Gasteiger partial charge in [0, 0.05) is 29.8 Å². The van der Waals surface area contributed by atoms with Crippen LogP contribution in [0.25, 0.3) is 16.9 Å². The van der Waals surface area contributed by atoms with E-state index >= 15 is 0 Å². The number of halogens is 2. The van der Waals surface area contributed by atoms with Crippen LogP contribution in [0.5, 0.6) is 0 Å². The van der Waals surface area contributed by atoms with E-state index in [1.54, 1.807) is 36.7 Å². The number of hydrogen-bond acceptors (Lipinski definition) is 4. The van der Waals surface area contributed by atoms with Crippen molar-refractivity contribution < 1.29 is 18.4 Å². The van der Waals surface area contributed by atoms with Crippen LogP contribution in [0.15, 0.2) is 36.5 Å². The number of carbonyl (C=O) groups excluding carboxylic acids is 2. The lowest BCUT2D eigenvalue weighted by Crippen LogP contribution is -2.63. The van der Waals surface area contributed by atoms with Crippen molar-refractivity contribution in [2.75, 3.05) is 13.1 Å². The Balaban J connectivity index is 1.77. The Kier molecular flexibility index (Phi) is 5.44. The Labute approximate surface area is 184 Å². The van der Waals surface area contributed by atoms with E-state index in [9.17, 15) is 18.4 Å². The van der Waals surface area contributed by atoms with Crippen LogP contribution in [0, 0.1) is 0 Å². The van der Waals surface area contributed by atoms with Crippen molar-refractivity contribution >= 4 is 17.5 Å². The van der Waals surface area contributed by atoms with E-state index in [1.807, 2.05) is 19.9 Å². The predicted octanol–water partition coefficient (Wildman–Crippen LogP) is 3.81. The molecule has 0 spiro atoms. The van der Waals surface area contributed by atoms with Crippen molar-refractivity contribution in [3.05, 3.63) is 53.3 Å². The Hall–Kier alpha value is -3.36. The molecule has 4 rings (SSSR count). The number of imidazole rings is 1. The number of carbonyl (C=O) groups is 2. The molecule has 1 aliphatic heterocycles. The minimum absolute atomic E-state index is 0.0531. The number of amides is 2. The molecule has 7 nitrogen and oxygen atoms in total. The summed E-state index contributed by atoms with van der Waals surface area (Å²) in [7, 11) is 0. The highest BCUT2D eigenvalue weighted by Crippen LogP contribution is 2.28. The van der Waals surface area contributed by atoms with Gasteiger partial charge in [0.05, 0.1) is 11.9 Å². The molecule has 0 bridgehead atoms. The van der Waals surface area contributed by atoms with Crippen LogP contribution in [-0.4, -0.2) is 49.9 Å². The fraction of sp³-hybridized carbons (Fsp3) is 0.391. The van der Waals surface area contributed by atoms with Gasteiger partial charge in [0.2, 0.25) is 5.91 Å². The van der Waals surface area contributed by atoms with Crippen molar-refractivity contribution in [1.29, 1.82) is 0 Å². The summed E-state index contributed by atoms with van der Waals surface area (Å²) in [6.07, 6.45) is -0.975. The molecule has 2 amide bonds. The van der Waals surface area contributed by atoms with Crippen LogP contribution in [0.3, 0.4) is 0 Å². The zero-order chi connectivity index (χ0) is 23.2. The number of benzene rings is 1. The number of nitrogens with zero attached hydrogens (tertiary/aromatic N) is 4. The smallest absolute Gasteiger partial charge is 0.275 e. The molecule has 1 fully saturated rings. The SMILES string of the molecule is CC(C)c1cc(-c2ccc(C(F)F)cc2)nn2cc(C(=O)N3CCNC(=O)C3(C)C)nc12. The molecule has 0 radical (unpaired) electrons. The van der Waals surface area contributed by atoms with Gasteiger partial charge in [-0.15, -0.1) is 0 Å². The summed E-state index contributed by atoms with van der Waals surface area (Å²) in [6, 6.07) is 7.85. The van der Waals surface area contributed by atoms with Crippen molar-refractivity contribution in [3.8, 4) is 11.3 Å². The second-order valence-corrected chi connectivity index (χ2v) is 8.73. The lowest BCUT2D eigenvalue weighted by atomic mass is 9.98. The average molecular weight is 441 g/mol. The molecule has 32 heavy (non-hydrogen) atoms. The number of fused-ring (bicyclic) bond motifs is 1. The van der Waals surface area contributed by atoms with Crippen LogP contribution in [-0.2, 0) is 4.79 Å². The van der Waals surface area contributed by atoms with E-state index < -0.39 is 12.0 Å². The van der Waals surface area contributed by atoms with Crippen LogP contribution >= 0.6 is 0 Å². The molecule has 2 aromatic heterocycles. The minimum atomic E-state index is -2.53. The van der Waals surface area contributed by atoms with Gasteiger partial charge in [-0.05, 0) is 25.8 Å². The molecule has 0 atom stereocenters. The number of nitrogens with one attached hydrogen (secondary N) is 1. The summed E-state index contributed by atoms with van der Waals surface area (Å²) < 4.78 is 27.4. The molecule has 3 aromatic rings. The first-order valence-corrected chi connectivity index (χ1v) is 10.5. The van der Waals surface area contributed by atoms with Crippen LogP contribution in [0.1, 0.15) is 61.7 Å². The number of alkyl halides is 2. The molecule has 1 aromatic carbocycles. The van der Waals surface area contributed by atoms with Gasteiger partial charge in [-0.25, -0.2) is 18.3 Å². The topological polar surface area (TPSA) is 79.6 Å². The maximum Gasteiger partial charge on any atom is 0.275 e. The van der Waals surface area contributed by atoms with E-state index in [0.29, 0.717) is 30.0 Å². The Bertz CT molecular complexity index is 1190. The molecule has 0 aliphatic carbocycles. The normalized spacial score (nSPS) is 16.1. The highest BCUT2D eigenvalue weighted by Gasteiger charge is 2.41. The fourth-order valence-electron chi connectivity index (χ4n) is 3.86. The second-order valence-electron chi connectivity index (χ2n) is 8.73. The number of aromatic nitrogens is 3. The van der Waals surface area contributed by atoms with Crippen LogP contribution in [0.2, 0.25) is 0 Å². The first-order valence-electron chi connectivity index (χ1n) is 10.5. The summed E-state index contributed by atoms with van der Waals surface area (Å²) >= 11 is 0. The molecule has 0 unspecified atom stereocenters. The van der Waals surface area contributed by atoms with E-state index in [4.69, 9.17) is 0 Å². The summed E-state index contributed by atoms with van der Waals surface area (Å²) in [5, 5.41) is 7.36. The predicted molar refractivity (Wildman–Crippen MR) is 116 cm³/mol. The summed E-state index contributed by atoms with van der Waals surface area (Å²) in [5.41, 5.74) is 1.87. The van der Waals surface area contributed by atoms with E-state index in [-0.39, 0.29) is 29.0 Å². The van der Waals surface area contributed by atoms with Gasteiger partial charge in [-0.2, -0.15) is 5.10 Å². The molecular formula is C23H25F2N5O2. The minimum Gasteiger partial charge on any atom is -0.352 e. The van der Waals surface area contributed by atoms with E-state index in [1.165, 1.54) is 17.0 Å². The Morgan fingerprint density at radius 2 is 1.88 bits per heavy atom. The quantitative estimate of drug-likeness (QED) is 0.668. The van der Waals surface area contributed by atoms with E-state index in [0.717, 1.165) is 5.56 Å². The molecular weight excluding hydrogens is 416 g/mol. The van der Waals surface area contributed by atoms with E-state index in [2.05, 4.69) is 15.4 Å². The van der Waals surface area contributed by atoms with Gasteiger partial charge in [0.15, 0.2) is 5.65 Å². The fourth-order valence-corrected chi connectivity index (χ4v) is 3.86. The van der Waals surface area contributed by atoms with Crippen molar-refractivity contribution in [3.63, 3.8) is 0 Å². The molecule has 1 saturated heterocycles. The van der Waals surface area contributed by atoms with Gasteiger partial charge in [0.25, 0.3) is 12.3 Å². The zero-order valence-electron chi connectivity index (χ0n) is 18.4. The maximum atomic E-state index is 13.2. The summed E-state index contributed by atoms with van der Waals surface area (Å²) in [4.78, 5) is 31.6. The first kappa shape index (κ1) is 21.9.